The molecule has 106 valence electrons. The molecule has 3 nitrogen and oxygen atoms in total. The van der Waals surface area contributed by atoms with Crippen LogP contribution in [0.4, 0.5) is 0 Å². The number of nitriles is 1. The molecule has 0 saturated carbocycles. The summed E-state index contributed by atoms with van der Waals surface area (Å²) in [6, 6.07) is 14.9. The molecule has 0 N–H and O–H groups in total. The fourth-order valence-corrected chi connectivity index (χ4v) is 3.09. The number of rotatable bonds is 3. The zero-order chi connectivity index (χ0) is 15.5. The molecule has 2 rings (SSSR count). The summed E-state index contributed by atoms with van der Waals surface area (Å²) >= 11 is 5.99. The maximum Gasteiger partial charge on any atom is 0.216 e. The molecule has 21 heavy (non-hydrogen) atoms. The third kappa shape index (κ3) is 3.33. The van der Waals surface area contributed by atoms with Crippen LogP contribution in [0.25, 0.3) is 6.08 Å². The molecule has 0 atom stereocenters. The van der Waals surface area contributed by atoms with Crippen molar-refractivity contribution < 1.29 is 8.42 Å². The number of sulfone groups is 1. The van der Waals surface area contributed by atoms with Gasteiger partial charge < -0.3 is 0 Å². The van der Waals surface area contributed by atoms with Crippen molar-refractivity contribution in [3.8, 4) is 6.07 Å². The molecule has 2 aromatic rings. The Hall–Kier alpha value is -2.09. The Kier molecular flexibility index (Phi) is 4.46. The van der Waals surface area contributed by atoms with Gasteiger partial charge in [-0.3, -0.25) is 0 Å². The minimum absolute atomic E-state index is 0.0907. The van der Waals surface area contributed by atoms with E-state index in [2.05, 4.69) is 0 Å². The van der Waals surface area contributed by atoms with E-state index in [0.29, 0.717) is 10.6 Å². The van der Waals surface area contributed by atoms with Crippen molar-refractivity contribution in [2.24, 2.45) is 0 Å². The molecule has 0 aliphatic heterocycles. The topological polar surface area (TPSA) is 57.9 Å². The fourth-order valence-electron chi connectivity index (χ4n) is 1.75. The van der Waals surface area contributed by atoms with Crippen LogP contribution in [0.3, 0.4) is 0 Å². The van der Waals surface area contributed by atoms with E-state index >= 15 is 0 Å². The molecular formula is C16H12ClNO2S. The van der Waals surface area contributed by atoms with Crippen molar-refractivity contribution in [3.05, 3.63) is 69.6 Å². The van der Waals surface area contributed by atoms with Gasteiger partial charge in [-0.2, -0.15) is 5.26 Å². The summed E-state index contributed by atoms with van der Waals surface area (Å²) in [5.41, 5.74) is 1.44. The van der Waals surface area contributed by atoms with Gasteiger partial charge in [0.2, 0.25) is 9.84 Å². The van der Waals surface area contributed by atoms with Crippen molar-refractivity contribution in [3.63, 3.8) is 0 Å². The van der Waals surface area contributed by atoms with E-state index in [4.69, 9.17) is 11.6 Å². The molecule has 5 heteroatoms. The number of nitrogens with zero attached hydrogens (tertiary/aromatic N) is 1. The number of hydrogen-bond acceptors (Lipinski definition) is 3. The van der Waals surface area contributed by atoms with Crippen molar-refractivity contribution in [2.75, 3.05) is 0 Å². The van der Waals surface area contributed by atoms with Crippen molar-refractivity contribution in [2.45, 2.75) is 11.8 Å². The first-order chi connectivity index (χ1) is 9.95. The SMILES string of the molecule is Cc1ccc(S(=O)(=O)/C(C#N)=C/c2ccccc2Cl)cc1. The van der Waals surface area contributed by atoms with Gasteiger partial charge in [0.15, 0.2) is 0 Å². The first kappa shape index (κ1) is 15.3. The maximum atomic E-state index is 12.5. The largest absolute Gasteiger partial charge is 0.218 e. The number of halogens is 1. The van der Waals surface area contributed by atoms with Gasteiger partial charge in [-0.05, 0) is 36.8 Å². The third-order valence-electron chi connectivity index (χ3n) is 2.92. The van der Waals surface area contributed by atoms with Gasteiger partial charge in [0.25, 0.3) is 0 Å². The summed E-state index contributed by atoms with van der Waals surface area (Å²) in [7, 11) is -3.84. The minimum atomic E-state index is -3.84. The first-order valence-corrected chi connectivity index (χ1v) is 7.99. The fraction of sp³-hybridized carbons (Fsp3) is 0.0625. The maximum absolute atomic E-state index is 12.5. The lowest BCUT2D eigenvalue weighted by atomic mass is 10.2. The normalized spacial score (nSPS) is 12.0. The summed E-state index contributed by atoms with van der Waals surface area (Å²) in [5.74, 6) is 0. The molecule has 0 spiro atoms. The third-order valence-corrected chi connectivity index (χ3v) is 4.95. The van der Waals surface area contributed by atoms with E-state index in [-0.39, 0.29) is 9.80 Å². The van der Waals surface area contributed by atoms with Crippen LogP contribution in [0.2, 0.25) is 5.02 Å². The van der Waals surface area contributed by atoms with Crippen LogP contribution in [-0.2, 0) is 9.84 Å². The van der Waals surface area contributed by atoms with Gasteiger partial charge in [-0.15, -0.1) is 0 Å². The molecule has 0 radical (unpaired) electrons. The standard InChI is InChI=1S/C16H12ClNO2S/c1-12-6-8-14(9-7-12)21(19,20)15(11-18)10-13-4-2-3-5-16(13)17/h2-10H,1H3/b15-10+. The van der Waals surface area contributed by atoms with Crippen LogP contribution >= 0.6 is 11.6 Å². The number of aryl methyl sites for hydroxylation is 1. The van der Waals surface area contributed by atoms with E-state index in [1.54, 1.807) is 42.5 Å². The van der Waals surface area contributed by atoms with Gasteiger partial charge in [0.1, 0.15) is 11.0 Å². The van der Waals surface area contributed by atoms with E-state index in [1.807, 2.05) is 6.92 Å². The van der Waals surface area contributed by atoms with Crippen molar-refractivity contribution >= 4 is 27.5 Å². The lowest BCUT2D eigenvalue weighted by molar-refractivity contribution is 0.603. The molecule has 0 bridgehead atoms. The monoisotopic (exact) mass is 317 g/mol. The molecule has 0 heterocycles. The molecule has 0 saturated heterocycles. The van der Waals surface area contributed by atoms with Crippen molar-refractivity contribution in [1.82, 2.24) is 0 Å². The second kappa shape index (κ2) is 6.13. The van der Waals surface area contributed by atoms with Crippen LogP contribution in [0.5, 0.6) is 0 Å². The van der Waals surface area contributed by atoms with Gasteiger partial charge in [0.05, 0.1) is 4.90 Å². The number of allylic oxidation sites excluding steroid dienone is 1. The quantitative estimate of drug-likeness (QED) is 0.804. The lowest BCUT2D eigenvalue weighted by Crippen LogP contribution is -2.03. The van der Waals surface area contributed by atoms with Crippen molar-refractivity contribution in [1.29, 1.82) is 5.26 Å². The van der Waals surface area contributed by atoms with E-state index in [1.165, 1.54) is 18.2 Å². The van der Waals surface area contributed by atoms with E-state index in [9.17, 15) is 13.7 Å². The predicted molar refractivity (Wildman–Crippen MR) is 83.4 cm³/mol. The molecule has 0 aromatic heterocycles. The Morgan fingerprint density at radius 1 is 1.14 bits per heavy atom. The van der Waals surface area contributed by atoms with Crippen LogP contribution in [0.15, 0.2) is 58.3 Å². The minimum Gasteiger partial charge on any atom is -0.218 e. The second-order valence-corrected chi connectivity index (χ2v) is 6.78. The van der Waals surface area contributed by atoms with E-state index in [0.717, 1.165) is 5.56 Å². The average molecular weight is 318 g/mol. The first-order valence-electron chi connectivity index (χ1n) is 6.13. The molecule has 0 aliphatic rings. The van der Waals surface area contributed by atoms with E-state index < -0.39 is 9.84 Å². The summed E-state index contributed by atoms with van der Waals surface area (Å²) in [4.78, 5) is -0.243. The number of hydrogen-bond donors (Lipinski definition) is 0. The summed E-state index contributed by atoms with van der Waals surface area (Å²) in [6.07, 6.45) is 1.29. The smallest absolute Gasteiger partial charge is 0.216 e. The second-order valence-electron chi connectivity index (χ2n) is 4.46. The summed E-state index contributed by atoms with van der Waals surface area (Å²) in [6.45, 7) is 1.86. The highest BCUT2D eigenvalue weighted by Crippen LogP contribution is 2.24. The van der Waals surface area contributed by atoms with Crippen LogP contribution in [-0.4, -0.2) is 8.42 Å². The zero-order valence-electron chi connectivity index (χ0n) is 11.2. The highest BCUT2D eigenvalue weighted by molar-refractivity contribution is 7.95. The van der Waals surface area contributed by atoms with Crippen LogP contribution in [0, 0.1) is 18.3 Å². The zero-order valence-corrected chi connectivity index (χ0v) is 12.8. The Labute approximate surface area is 129 Å². The van der Waals surface area contributed by atoms with Crippen LogP contribution in [0.1, 0.15) is 11.1 Å². The average Bonchev–Trinajstić information content (AvgIpc) is 2.46. The Morgan fingerprint density at radius 2 is 1.76 bits per heavy atom. The Bertz CT molecular complexity index is 831. The van der Waals surface area contributed by atoms with Gasteiger partial charge in [-0.1, -0.05) is 47.5 Å². The Balaban J connectivity index is 2.53. The van der Waals surface area contributed by atoms with Gasteiger partial charge in [0, 0.05) is 5.02 Å². The lowest BCUT2D eigenvalue weighted by Gasteiger charge is -2.04. The summed E-state index contributed by atoms with van der Waals surface area (Å²) < 4.78 is 24.9. The number of benzene rings is 2. The highest BCUT2D eigenvalue weighted by atomic mass is 35.5. The molecule has 0 aliphatic carbocycles. The predicted octanol–water partition coefficient (Wildman–Crippen LogP) is 3.99. The van der Waals surface area contributed by atoms with Gasteiger partial charge >= 0.3 is 0 Å². The molecule has 0 fully saturated rings. The Morgan fingerprint density at radius 3 is 2.33 bits per heavy atom. The molecular weight excluding hydrogens is 306 g/mol. The van der Waals surface area contributed by atoms with Gasteiger partial charge in [-0.25, -0.2) is 8.42 Å². The molecule has 0 unspecified atom stereocenters. The highest BCUT2D eigenvalue weighted by Gasteiger charge is 2.20. The van der Waals surface area contributed by atoms with Crippen LogP contribution < -0.4 is 0 Å². The molecule has 0 amide bonds. The molecule has 2 aromatic carbocycles. The summed E-state index contributed by atoms with van der Waals surface area (Å²) in [5, 5.41) is 9.58.